The van der Waals surface area contributed by atoms with Gasteiger partial charge in [-0.2, -0.15) is 26.3 Å². The second kappa shape index (κ2) is 10.0. The molecule has 0 spiro atoms. The van der Waals surface area contributed by atoms with Gasteiger partial charge < -0.3 is 15.8 Å². The molecule has 0 fully saturated rings. The van der Waals surface area contributed by atoms with Crippen molar-refractivity contribution in [2.45, 2.75) is 12.4 Å². The van der Waals surface area contributed by atoms with Crippen LogP contribution in [0.3, 0.4) is 0 Å². The third-order valence-electron chi connectivity index (χ3n) is 4.28. The molecule has 6 nitrogen and oxygen atoms in total. The second-order valence-electron chi connectivity index (χ2n) is 6.57. The van der Waals surface area contributed by atoms with Crippen LogP contribution in [0.15, 0.2) is 24.4 Å². The summed E-state index contributed by atoms with van der Waals surface area (Å²) < 4.78 is 113. The van der Waals surface area contributed by atoms with Gasteiger partial charge in [-0.3, -0.25) is 4.90 Å². The zero-order valence-corrected chi connectivity index (χ0v) is 18.0. The summed E-state index contributed by atoms with van der Waals surface area (Å²) >= 11 is 5.43. The van der Waals surface area contributed by atoms with Crippen LogP contribution < -0.4 is 20.7 Å². The molecular weight excluding hydrogens is 504 g/mol. The molecule has 186 valence electrons. The van der Waals surface area contributed by atoms with Gasteiger partial charge in [-0.05, 0) is 25.2 Å². The van der Waals surface area contributed by atoms with E-state index in [9.17, 15) is 39.9 Å². The summed E-state index contributed by atoms with van der Waals surface area (Å²) in [4.78, 5) is 16.1. The first kappa shape index (κ1) is 27.1. The van der Waals surface area contributed by atoms with Gasteiger partial charge >= 0.3 is 18.4 Å². The first-order valence-corrected chi connectivity index (χ1v) is 9.35. The summed E-state index contributed by atoms with van der Waals surface area (Å²) in [5.41, 5.74) is -0.641. The van der Waals surface area contributed by atoms with Crippen LogP contribution in [0.25, 0.3) is 5.57 Å². The Bertz CT molecular complexity index is 1120. The lowest BCUT2D eigenvalue weighted by molar-refractivity contribution is -0.146. The molecule has 0 saturated heterocycles. The van der Waals surface area contributed by atoms with E-state index >= 15 is 0 Å². The highest BCUT2D eigenvalue weighted by atomic mass is 35.5. The van der Waals surface area contributed by atoms with Gasteiger partial charge in [0.05, 0.1) is 5.69 Å². The number of alkyl halides is 6. The summed E-state index contributed by atoms with van der Waals surface area (Å²) in [6, 6.07) is 1.09. The van der Waals surface area contributed by atoms with Crippen molar-refractivity contribution < 1.29 is 44.7 Å². The van der Waals surface area contributed by atoms with Crippen LogP contribution in [0.4, 0.5) is 45.6 Å². The van der Waals surface area contributed by atoms with Crippen LogP contribution >= 0.6 is 11.6 Å². The number of hydrogen-bond donors (Lipinski definition) is 2. The van der Waals surface area contributed by atoms with E-state index in [1.54, 1.807) is 0 Å². The number of nitrogens with one attached hydrogen (secondary N) is 1. The number of ether oxygens (including phenoxy) is 1. The molecule has 0 atom stereocenters. The number of aromatic nitrogens is 1. The van der Waals surface area contributed by atoms with Crippen molar-refractivity contribution >= 4 is 29.0 Å². The summed E-state index contributed by atoms with van der Waals surface area (Å²) in [5.74, 6) is -4.01. The maximum absolute atomic E-state index is 14.3. The average molecular weight is 519 g/mol. The van der Waals surface area contributed by atoms with Crippen molar-refractivity contribution in [3.8, 4) is 5.75 Å². The molecule has 34 heavy (non-hydrogen) atoms. The SMILES string of the molecule is CNC/C(=C\N)c1nc(C(F)(F)F)cc(C(F)(F)F)c1OC(=O)N(C)c1ccc(F)c(Cl)c1F. The molecule has 0 radical (unpaired) electrons. The maximum atomic E-state index is 14.3. The number of likely N-dealkylation sites (N-methyl/N-ethyl adjacent to an activating group) is 1. The van der Waals surface area contributed by atoms with Crippen LogP contribution in [-0.2, 0) is 12.4 Å². The molecule has 3 N–H and O–H groups in total. The highest BCUT2D eigenvalue weighted by Crippen LogP contribution is 2.43. The fraction of sp³-hybridized carbons (Fsp3) is 0.263. The minimum Gasteiger partial charge on any atom is -0.407 e. The maximum Gasteiger partial charge on any atom is 0.433 e. The Hall–Kier alpha value is -3.13. The fourth-order valence-electron chi connectivity index (χ4n) is 2.65. The van der Waals surface area contributed by atoms with Crippen molar-refractivity contribution in [3.63, 3.8) is 0 Å². The zero-order valence-electron chi connectivity index (χ0n) is 17.2. The Labute approximate surface area is 191 Å². The van der Waals surface area contributed by atoms with Crippen molar-refractivity contribution in [1.82, 2.24) is 10.3 Å². The lowest BCUT2D eigenvalue weighted by atomic mass is 10.1. The Morgan fingerprint density at radius 1 is 1.21 bits per heavy atom. The number of rotatable bonds is 5. The van der Waals surface area contributed by atoms with E-state index in [0.29, 0.717) is 17.2 Å². The van der Waals surface area contributed by atoms with Gasteiger partial charge in [0.25, 0.3) is 0 Å². The van der Waals surface area contributed by atoms with Crippen molar-refractivity contribution in [1.29, 1.82) is 0 Å². The first-order valence-electron chi connectivity index (χ1n) is 8.97. The van der Waals surface area contributed by atoms with E-state index in [4.69, 9.17) is 22.1 Å². The molecule has 0 aliphatic carbocycles. The summed E-state index contributed by atoms with van der Waals surface area (Å²) in [6.07, 6.45) is -11.7. The Morgan fingerprint density at radius 2 is 1.82 bits per heavy atom. The van der Waals surface area contributed by atoms with Crippen molar-refractivity contribution in [3.05, 3.63) is 58.0 Å². The van der Waals surface area contributed by atoms with Crippen LogP contribution in [0, 0.1) is 11.6 Å². The third-order valence-corrected chi connectivity index (χ3v) is 4.63. The number of nitrogens with zero attached hydrogens (tertiary/aromatic N) is 2. The van der Waals surface area contributed by atoms with Gasteiger partial charge in [-0.25, -0.2) is 18.6 Å². The molecule has 0 aliphatic heterocycles. The second-order valence-corrected chi connectivity index (χ2v) is 6.95. The molecule has 1 aromatic carbocycles. The van der Waals surface area contributed by atoms with E-state index in [1.165, 1.54) is 7.05 Å². The van der Waals surface area contributed by atoms with Crippen molar-refractivity contribution in [2.24, 2.45) is 5.73 Å². The predicted molar refractivity (Wildman–Crippen MR) is 106 cm³/mol. The van der Waals surface area contributed by atoms with Crippen LogP contribution in [-0.4, -0.2) is 31.7 Å². The highest BCUT2D eigenvalue weighted by Gasteiger charge is 2.43. The molecule has 0 unspecified atom stereocenters. The number of benzene rings is 1. The number of anilines is 1. The molecule has 0 aliphatic rings. The Kier molecular flexibility index (Phi) is 7.98. The molecule has 2 rings (SSSR count). The number of carbonyl (C=O) groups excluding carboxylic acids is 1. The monoisotopic (exact) mass is 518 g/mol. The highest BCUT2D eigenvalue weighted by molar-refractivity contribution is 6.31. The van der Waals surface area contributed by atoms with Crippen LogP contribution in [0.5, 0.6) is 5.75 Å². The normalized spacial score (nSPS) is 12.6. The predicted octanol–water partition coefficient (Wildman–Crippen LogP) is 5.21. The summed E-state index contributed by atoms with van der Waals surface area (Å²) in [7, 11) is 2.18. The quantitative estimate of drug-likeness (QED) is 0.420. The van der Waals surface area contributed by atoms with Crippen LogP contribution in [0.1, 0.15) is 17.0 Å². The van der Waals surface area contributed by atoms with E-state index < -0.39 is 63.5 Å². The van der Waals surface area contributed by atoms with Gasteiger partial charge in [0.15, 0.2) is 11.6 Å². The smallest absolute Gasteiger partial charge is 0.407 e. The van der Waals surface area contributed by atoms with Gasteiger partial charge in [-0.15, -0.1) is 0 Å². The molecule has 2 aromatic rings. The minimum atomic E-state index is -5.43. The van der Waals surface area contributed by atoms with E-state index in [0.717, 1.165) is 13.1 Å². The van der Waals surface area contributed by atoms with E-state index in [2.05, 4.69) is 10.3 Å². The largest absolute Gasteiger partial charge is 0.433 e. The molecular formula is C19H15ClF8N4O2. The average Bonchev–Trinajstić information content (AvgIpc) is 2.74. The summed E-state index contributed by atoms with van der Waals surface area (Å²) in [6.45, 7) is -0.356. The first-order chi connectivity index (χ1) is 15.6. The van der Waals surface area contributed by atoms with Gasteiger partial charge in [0.2, 0.25) is 0 Å². The molecule has 0 saturated carbocycles. The number of nitrogens with two attached hydrogens (primary N) is 1. The third kappa shape index (κ3) is 5.67. The molecule has 1 aromatic heterocycles. The number of halogens is 9. The van der Waals surface area contributed by atoms with Crippen molar-refractivity contribution in [2.75, 3.05) is 25.5 Å². The number of amides is 1. The fourth-order valence-corrected chi connectivity index (χ4v) is 2.81. The number of pyridine rings is 1. The molecule has 1 heterocycles. The molecule has 0 bridgehead atoms. The van der Waals surface area contributed by atoms with Gasteiger partial charge in [0.1, 0.15) is 27.8 Å². The van der Waals surface area contributed by atoms with Gasteiger partial charge in [-0.1, -0.05) is 11.6 Å². The molecule has 15 heteroatoms. The van der Waals surface area contributed by atoms with E-state index in [-0.39, 0.29) is 18.2 Å². The lowest BCUT2D eigenvalue weighted by Gasteiger charge is -2.23. The van der Waals surface area contributed by atoms with E-state index in [1.807, 2.05) is 0 Å². The number of carbonyl (C=O) groups is 1. The minimum absolute atomic E-state index is 0.338. The standard InChI is InChI=1S/C19H15ClF8N4O2/c1-30-7-8(6-29)15-16(9(18(23,24)25)5-12(31-15)19(26,27)28)34-17(33)32(2)11-4-3-10(21)13(20)14(11)22/h3-6,30H,7,29H2,1-2H3/b8-6+. The molecule has 1 amide bonds. The zero-order chi connectivity index (χ0) is 26.0. The lowest BCUT2D eigenvalue weighted by Crippen LogP contribution is -2.32. The number of hydrogen-bond acceptors (Lipinski definition) is 5. The summed E-state index contributed by atoms with van der Waals surface area (Å²) in [5, 5.41) is 1.47. The van der Waals surface area contributed by atoms with Gasteiger partial charge in [0, 0.05) is 25.4 Å². The Balaban J connectivity index is 2.71. The topological polar surface area (TPSA) is 80.5 Å². The Morgan fingerprint density at radius 3 is 2.32 bits per heavy atom. The van der Waals surface area contributed by atoms with Crippen LogP contribution in [0.2, 0.25) is 5.02 Å².